The normalized spacial score (nSPS) is 14.2. The van der Waals surface area contributed by atoms with Crippen LogP contribution >= 0.6 is 15.9 Å². The molecule has 2 nitrogen and oxygen atoms in total. The lowest BCUT2D eigenvalue weighted by atomic mass is 10.3. The predicted octanol–water partition coefficient (Wildman–Crippen LogP) is 4.03. The van der Waals surface area contributed by atoms with Gasteiger partial charge < -0.3 is 9.47 Å². The first-order chi connectivity index (χ1) is 7.61. The third-order valence-electron chi connectivity index (χ3n) is 2.22. The van der Waals surface area contributed by atoms with Gasteiger partial charge in [0.1, 0.15) is 18.1 Å². The minimum atomic E-state index is 0.259. The van der Waals surface area contributed by atoms with E-state index >= 15 is 0 Å². The van der Waals surface area contributed by atoms with E-state index in [-0.39, 0.29) is 6.10 Å². The van der Waals surface area contributed by atoms with E-state index in [4.69, 9.17) is 9.47 Å². The minimum Gasteiger partial charge on any atom is -0.492 e. The molecule has 0 aliphatic carbocycles. The Morgan fingerprint density at radius 3 is 2.19 bits per heavy atom. The SMILES string of the molecule is CCC(C)Oc1ccc(OCC(C)Br)cc1. The molecule has 2 atom stereocenters. The average molecular weight is 287 g/mol. The van der Waals surface area contributed by atoms with Crippen molar-refractivity contribution < 1.29 is 9.47 Å². The summed E-state index contributed by atoms with van der Waals surface area (Å²) in [5.74, 6) is 1.77. The van der Waals surface area contributed by atoms with Gasteiger partial charge in [-0.2, -0.15) is 0 Å². The average Bonchev–Trinajstić information content (AvgIpc) is 2.28. The Hall–Kier alpha value is -0.700. The van der Waals surface area contributed by atoms with Gasteiger partial charge in [0.2, 0.25) is 0 Å². The van der Waals surface area contributed by atoms with Crippen LogP contribution in [0, 0.1) is 0 Å². The summed E-state index contributed by atoms with van der Waals surface area (Å²) in [6.07, 6.45) is 1.27. The van der Waals surface area contributed by atoms with Gasteiger partial charge in [-0.15, -0.1) is 0 Å². The van der Waals surface area contributed by atoms with Gasteiger partial charge in [0.25, 0.3) is 0 Å². The van der Waals surface area contributed by atoms with Crippen LogP contribution in [0.3, 0.4) is 0 Å². The first kappa shape index (κ1) is 13.4. The Morgan fingerprint density at radius 2 is 1.69 bits per heavy atom. The van der Waals surface area contributed by atoms with Crippen molar-refractivity contribution >= 4 is 15.9 Å². The number of hydrogen-bond acceptors (Lipinski definition) is 2. The van der Waals surface area contributed by atoms with Gasteiger partial charge in [0, 0.05) is 4.83 Å². The van der Waals surface area contributed by atoms with Crippen LogP contribution in [0.15, 0.2) is 24.3 Å². The molecule has 0 aromatic heterocycles. The highest BCUT2D eigenvalue weighted by molar-refractivity contribution is 9.09. The van der Waals surface area contributed by atoms with Crippen LogP contribution in [-0.4, -0.2) is 17.5 Å². The van der Waals surface area contributed by atoms with Gasteiger partial charge in [-0.3, -0.25) is 0 Å². The molecule has 0 fully saturated rings. The van der Waals surface area contributed by atoms with Crippen molar-refractivity contribution in [3.8, 4) is 11.5 Å². The van der Waals surface area contributed by atoms with Crippen LogP contribution in [0.4, 0.5) is 0 Å². The van der Waals surface area contributed by atoms with Gasteiger partial charge >= 0.3 is 0 Å². The van der Waals surface area contributed by atoms with E-state index in [0.717, 1.165) is 17.9 Å². The Balaban J connectivity index is 2.47. The van der Waals surface area contributed by atoms with Gasteiger partial charge in [0.05, 0.1) is 6.10 Å². The number of alkyl halides is 1. The van der Waals surface area contributed by atoms with Crippen molar-refractivity contribution in [2.45, 2.75) is 38.1 Å². The molecule has 2 unspecified atom stereocenters. The maximum atomic E-state index is 5.68. The topological polar surface area (TPSA) is 18.5 Å². The number of rotatable bonds is 6. The molecule has 16 heavy (non-hydrogen) atoms. The molecule has 0 aliphatic heterocycles. The molecule has 0 heterocycles. The fraction of sp³-hybridized carbons (Fsp3) is 0.538. The number of benzene rings is 1. The molecule has 90 valence electrons. The second-order valence-corrected chi connectivity index (χ2v) is 5.46. The minimum absolute atomic E-state index is 0.259. The van der Waals surface area contributed by atoms with Crippen LogP contribution in [0.5, 0.6) is 11.5 Å². The highest BCUT2D eigenvalue weighted by atomic mass is 79.9. The summed E-state index contributed by atoms with van der Waals surface area (Å²) in [5.41, 5.74) is 0. The van der Waals surface area contributed by atoms with Gasteiger partial charge in [0.15, 0.2) is 0 Å². The Morgan fingerprint density at radius 1 is 1.12 bits per heavy atom. The van der Waals surface area contributed by atoms with E-state index < -0.39 is 0 Å². The molecule has 0 spiro atoms. The summed E-state index contributed by atoms with van der Waals surface area (Å²) in [6, 6.07) is 7.76. The van der Waals surface area contributed by atoms with E-state index in [0.29, 0.717) is 11.4 Å². The molecule has 0 saturated heterocycles. The molecule has 0 amide bonds. The first-order valence-corrected chi connectivity index (χ1v) is 6.57. The molecule has 0 bridgehead atoms. The molecule has 1 aromatic carbocycles. The van der Waals surface area contributed by atoms with Crippen LogP contribution in [0.2, 0.25) is 0 Å². The first-order valence-electron chi connectivity index (χ1n) is 5.65. The second-order valence-electron chi connectivity index (χ2n) is 3.90. The Labute approximate surface area is 106 Å². The monoisotopic (exact) mass is 286 g/mol. The lowest BCUT2D eigenvalue weighted by Crippen LogP contribution is -2.09. The van der Waals surface area contributed by atoms with E-state index in [1.807, 2.05) is 24.3 Å². The largest absolute Gasteiger partial charge is 0.492 e. The molecular weight excluding hydrogens is 268 g/mol. The van der Waals surface area contributed by atoms with Crippen molar-refractivity contribution in [1.82, 2.24) is 0 Å². The lowest BCUT2D eigenvalue weighted by Gasteiger charge is -2.13. The van der Waals surface area contributed by atoms with Crippen LogP contribution in [0.25, 0.3) is 0 Å². The summed E-state index contributed by atoms with van der Waals surface area (Å²) in [7, 11) is 0. The predicted molar refractivity (Wildman–Crippen MR) is 70.7 cm³/mol. The second kappa shape index (κ2) is 6.79. The molecule has 1 aromatic rings. The van der Waals surface area contributed by atoms with Crippen molar-refractivity contribution in [2.24, 2.45) is 0 Å². The maximum absolute atomic E-state index is 5.68. The van der Waals surface area contributed by atoms with Crippen molar-refractivity contribution in [3.05, 3.63) is 24.3 Å². The van der Waals surface area contributed by atoms with Gasteiger partial charge in [-0.05, 0) is 44.5 Å². The number of halogens is 1. The summed E-state index contributed by atoms with van der Waals surface area (Å²) in [6.45, 7) is 6.91. The zero-order chi connectivity index (χ0) is 12.0. The third-order valence-corrected chi connectivity index (χ3v) is 2.48. The summed E-state index contributed by atoms with van der Waals surface area (Å²) >= 11 is 3.44. The van der Waals surface area contributed by atoms with Crippen molar-refractivity contribution in [2.75, 3.05) is 6.61 Å². The van der Waals surface area contributed by atoms with Gasteiger partial charge in [-0.25, -0.2) is 0 Å². The highest BCUT2D eigenvalue weighted by Crippen LogP contribution is 2.19. The van der Waals surface area contributed by atoms with E-state index in [1.54, 1.807) is 0 Å². The number of ether oxygens (including phenoxy) is 2. The van der Waals surface area contributed by atoms with Gasteiger partial charge in [-0.1, -0.05) is 22.9 Å². The molecule has 3 heteroatoms. The number of hydrogen-bond donors (Lipinski definition) is 0. The summed E-state index contributed by atoms with van der Waals surface area (Å²) in [5, 5.41) is 0. The zero-order valence-corrected chi connectivity index (χ0v) is 11.7. The smallest absolute Gasteiger partial charge is 0.119 e. The van der Waals surface area contributed by atoms with Crippen molar-refractivity contribution in [1.29, 1.82) is 0 Å². The summed E-state index contributed by atoms with van der Waals surface area (Å²) in [4.78, 5) is 0.364. The van der Waals surface area contributed by atoms with E-state index in [2.05, 4.69) is 36.7 Å². The van der Waals surface area contributed by atoms with Crippen molar-refractivity contribution in [3.63, 3.8) is 0 Å². The molecule has 0 N–H and O–H groups in total. The van der Waals surface area contributed by atoms with E-state index in [1.165, 1.54) is 0 Å². The Kier molecular flexibility index (Phi) is 5.67. The quantitative estimate of drug-likeness (QED) is 0.735. The molecule has 0 saturated carbocycles. The maximum Gasteiger partial charge on any atom is 0.119 e. The third kappa shape index (κ3) is 4.88. The van der Waals surface area contributed by atoms with Crippen LogP contribution in [-0.2, 0) is 0 Å². The molecular formula is C13H19BrO2. The lowest BCUT2D eigenvalue weighted by molar-refractivity contribution is 0.217. The zero-order valence-electron chi connectivity index (χ0n) is 10.1. The Bertz CT molecular complexity index is 295. The molecule has 1 rings (SSSR count). The van der Waals surface area contributed by atoms with Crippen LogP contribution < -0.4 is 9.47 Å². The van der Waals surface area contributed by atoms with Crippen LogP contribution in [0.1, 0.15) is 27.2 Å². The standard InChI is InChI=1S/C13H19BrO2/c1-4-11(3)16-13-7-5-12(6-8-13)15-9-10(2)14/h5-8,10-11H,4,9H2,1-3H3. The highest BCUT2D eigenvalue weighted by Gasteiger charge is 2.02. The molecule has 0 aliphatic rings. The fourth-order valence-corrected chi connectivity index (χ4v) is 1.27. The summed E-state index contributed by atoms with van der Waals surface area (Å²) < 4.78 is 11.2. The van der Waals surface area contributed by atoms with E-state index in [9.17, 15) is 0 Å². The molecule has 0 radical (unpaired) electrons. The fourth-order valence-electron chi connectivity index (χ4n) is 1.14.